The van der Waals surface area contributed by atoms with E-state index in [0.717, 1.165) is 10.6 Å². The van der Waals surface area contributed by atoms with Crippen molar-refractivity contribution in [1.29, 1.82) is 0 Å². The zero-order chi connectivity index (χ0) is 19.6. The van der Waals surface area contributed by atoms with Crippen molar-refractivity contribution >= 4 is 23.5 Å². The standard InChI is InChI=1S/C21H23N3O3/c1-15(2)24(17-12-8-5-9-13-17)18(25)14-23-19(26)21(3,22-20(23)27)16-10-6-4-7-11-16/h4-13,15H,14H2,1-3H3,(H,22,27)/t21-/m1/s1. The number of hydrogen-bond donors (Lipinski definition) is 1. The molecular weight excluding hydrogens is 342 g/mol. The number of benzene rings is 2. The molecule has 1 atom stereocenters. The van der Waals surface area contributed by atoms with Gasteiger partial charge in [0.05, 0.1) is 0 Å². The van der Waals surface area contributed by atoms with E-state index in [1.165, 1.54) is 0 Å². The summed E-state index contributed by atoms with van der Waals surface area (Å²) in [6.45, 7) is 5.14. The highest BCUT2D eigenvalue weighted by Gasteiger charge is 2.49. The Morgan fingerprint density at radius 1 is 1.04 bits per heavy atom. The summed E-state index contributed by atoms with van der Waals surface area (Å²) in [7, 11) is 0. The lowest BCUT2D eigenvalue weighted by atomic mass is 9.92. The molecular formula is C21H23N3O3. The smallest absolute Gasteiger partial charge is 0.319 e. The number of hydrogen-bond acceptors (Lipinski definition) is 3. The minimum Gasteiger partial charge on any atom is -0.319 e. The molecule has 0 bridgehead atoms. The summed E-state index contributed by atoms with van der Waals surface area (Å²) in [4.78, 5) is 41.0. The first-order chi connectivity index (χ1) is 12.8. The summed E-state index contributed by atoms with van der Waals surface area (Å²) >= 11 is 0. The van der Waals surface area contributed by atoms with E-state index in [0.29, 0.717) is 5.56 Å². The van der Waals surface area contributed by atoms with Gasteiger partial charge in [0, 0.05) is 11.7 Å². The minimum absolute atomic E-state index is 0.110. The Morgan fingerprint density at radius 2 is 1.59 bits per heavy atom. The van der Waals surface area contributed by atoms with Gasteiger partial charge in [-0.05, 0) is 38.5 Å². The Labute approximate surface area is 158 Å². The predicted molar refractivity (Wildman–Crippen MR) is 103 cm³/mol. The second-order valence-electron chi connectivity index (χ2n) is 7.01. The lowest BCUT2D eigenvalue weighted by molar-refractivity contribution is -0.134. The van der Waals surface area contributed by atoms with E-state index >= 15 is 0 Å². The van der Waals surface area contributed by atoms with Gasteiger partial charge in [0.1, 0.15) is 12.1 Å². The molecule has 2 aromatic rings. The van der Waals surface area contributed by atoms with Crippen LogP contribution in [0.15, 0.2) is 60.7 Å². The molecule has 6 nitrogen and oxygen atoms in total. The van der Waals surface area contributed by atoms with Crippen LogP contribution in [0.3, 0.4) is 0 Å². The zero-order valence-electron chi connectivity index (χ0n) is 15.7. The summed E-state index contributed by atoms with van der Waals surface area (Å²) in [6, 6.07) is 17.6. The van der Waals surface area contributed by atoms with E-state index in [9.17, 15) is 14.4 Å². The van der Waals surface area contributed by atoms with E-state index in [-0.39, 0.29) is 18.5 Å². The maximum Gasteiger partial charge on any atom is 0.325 e. The number of carbonyl (C=O) groups excluding carboxylic acids is 3. The first-order valence-electron chi connectivity index (χ1n) is 8.91. The number of amides is 4. The van der Waals surface area contributed by atoms with Crippen LogP contribution in [0.5, 0.6) is 0 Å². The fourth-order valence-electron chi connectivity index (χ4n) is 3.34. The lowest BCUT2D eigenvalue weighted by Gasteiger charge is -2.28. The number of urea groups is 1. The molecule has 1 aliphatic rings. The van der Waals surface area contributed by atoms with Gasteiger partial charge in [-0.1, -0.05) is 48.5 Å². The highest BCUT2D eigenvalue weighted by Crippen LogP contribution is 2.29. The van der Waals surface area contributed by atoms with E-state index in [1.807, 2.05) is 62.4 Å². The number of carbonyl (C=O) groups is 3. The van der Waals surface area contributed by atoms with Crippen LogP contribution in [0.1, 0.15) is 26.3 Å². The van der Waals surface area contributed by atoms with Crippen LogP contribution in [0.2, 0.25) is 0 Å². The number of rotatable bonds is 5. The molecule has 0 aliphatic carbocycles. The van der Waals surface area contributed by atoms with E-state index < -0.39 is 17.5 Å². The average Bonchev–Trinajstić information content (AvgIpc) is 2.87. The molecule has 3 rings (SSSR count). The molecule has 0 unspecified atom stereocenters. The van der Waals surface area contributed by atoms with Gasteiger partial charge < -0.3 is 10.2 Å². The molecule has 1 saturated heterocycles. The third-order valence-electron chi connectivity index (χ3n) is 4.74. The second-order valence-corrected chi connectivity index (χ2v) is 7.01. The number of nitrogens with zero attached hydrogens (tertiary/aromatic N) is 2. The number of nitrogens with one attached hydrogen (secondary N) is 1. The third-order valence-corrected chi connectivity index (χ3v) is 4.74. The minimum atomic E-state index is -1.17. The quantitative estimate of drug-likeness (QED) is 0.829. The molecule has 1 N–H and O–H groups in total. The van der Waals surface area contributed by atoms with Crippen LogP contribution in [-0.2, 0) is 15.1 Å². The van der Waals surface area contributed by atoms with Gasteiger partial charge in [-0.3, -0.25) is 14.5 Å². The molecule has 0 aromatic heterocycles. The van der Waals surface area contributed by atoms with Crippen LogP contribution in [-0.4, -0.2) is 35.3 Å². The first-order valence-corrected chi connectivity index (χ1v) is 8.91. The molecule has 0 saturated carbocycles. The molecule has 0 spiro atoms. The van der Waals surface area contributed by atoms with Gasteiger partial charge >= 0.3 is 6.03 Å². The normalized spacial score (nSPS) is 19.3. The van der Waals surface area contributed by atoms with Crippen LogP contribution in [0.25, 0.3) is 0 Å². The fraction of sp³-hybridized carbons (Fsp3) is 0.286. The second kappa shape index (κ2) is 7.23. The van der Waals surface area contributed by atoms with Crippen LogP contribution >= 0.6 is 0 Å². The maximum absolute atomic E-state index is 13.0. The summed E-state index contributed by atoms with van der Waals surface area (Å²) < 4.78 is 0. The number of imide groups is 1. The van der Waals surface area contributed by atoms with Crippen LogP contribution < -0.4 is 10.2 Å². The van der Waals surface area contributed by atoms with Gasteiger partial charge in [0.25, 0.3) is 5.91 Å². The summed E-state index contributed by atoms with van der Waals surface area (Å²) in [5, 5.41) is 2.73. The molecule has 0 radical (unpaired) electrons. The molecule has 140 valence electrons. The van der Waals surface area contributed by atoms with E-state index in [4.69, 9.17) is 0 Å². The molecule has 1 fully saturated rings. The predicted octanol–water partition coefficient (Wildman–Crippen LogP) is 2.90. The van der Waals surface area contributed by atoms with Gasteiger partial charge in [-0.25, -0.2) is 4.79 Å². The van der Waals surface area contributed by atoms with Crippen molar-refractivity contribution in [3.63, 3.8) is 0 Å². The Kier molecular flexibility index (Phi) is 4.99. The van der Waals surface area contributed by atoms with Crippen molar-refractivity contribution in [3.05, 3.63) is 66.2 Å². The molecule has 27 heavy (non-hydrogen) atoms. The SMILES string of the molecule is CC(C)N(C(=O)CN1C(=O)N[C@](C)(c2ccccc2)C1=O)c1ccccc1. The van der Waals surface area contributed by atoms with Crippen molar-refractivity contribution in [2.24, 2.45) is 0 Å². The van der Waals surface area contributed by atoms with Crippen molar-refractivity contribution in [3.8, 4) is 0 Å². The summed E-state index contributed by atoms with van der Waals surface area (Å²) in [6.07, 6.45) is 0. The van der Waals surface area contributed by atoms with E-state index in [1.54, 1.807) is 24.0 Å². The highest BCUT2D eigenvalue weighted by atomic mass is 16.2. The maximum atomic E-state index is 13.0. The zero-order valence-corrected chi connectivity index (χ0v) is 15.7. The highest BCUT2D eigenvalue weighted by molar-refractivity contribution is 6.10. The Hall–Kier alpha value is -3.15. The topological polar surface area (TPSA) is 69.7 Å². The summed E-state index contributed by atoms with van der Waals surface area (Å²) in [5.41, 5.74) is 0.242. The van der Waals surface area contributed by atoms with E-state index in [2.05, 4.69) is 5.32 Å². The molecule has 6 heteroatoms. The monoisotopic (exact) mass is 365 g/mol. The van der Waals surface area contributed by atoms with Gasteiger partial charge in [-0.2, -0.15) is 0 Å². The van der Waals surface area contributed by atoms with Crippen molar-refractivity contribution < 1.29 is 14.4 Å². The third kappa shape index (κ3) is 3.43. The Balaban J connectivity index is 1.83. The van der Waals surface area contributed by atoms with Gasteiger partial charge in [0.2, 0.25) is 5.91 Å². The largest absolute Gasteiger partial charge is 0.325 e. The molecule has 1 heterocycles. The van der Waals surface area contributed by atoms with Crippen molar-refractivity contribution in [2.75, 3.05) is 11.4 Å². The molecule has 2 aromatic carbocycles. The van der Waals surface area contributed by atoms with Gasteiger partial charge in [-0.15, -0.1) is 0 Å². The number of anilines is 1. The Morgan fingerprint density at radius 3 is 2.15 bits per heavy atom. The van der Waals surface area contributed by atoms with Crippen molar-refractivity contribution in [2.45, 2.75) is 32.4 Å². The molecule has 4 amide bonds. The number of para-hydroxylation sites is 1. The Bertz CT molecular complexity index is 851. The van der Waals surface area contributed by atoms with Crippen molar-refractivity contribution in [1.82, 2.24) is 10.2 Å². The van der Waals surface area contributed by atoms with Crippen LogP contribution in [0, 0.1) is 0 Å². The fourth-order valence-corrected chi connectivity index (χ4v) is 3.34. The molecule has 1 aliphatic heterocycles. The average molecular weight is 365 g/mol. The first kappa shape index (κ1) is 18.6. The van der Waals surface area contributed by atoms with Gasteiger partial charge in [0.15, 0.2) is 0 Å². The lowest BCUT2D eigenvalue weighted by Crippen LogP contribution is -2.46. The summed E-state index contributed by atoms with van der Waals surface area (Å²) in [5.74, 6) is -0.735. The van der Waals surface area contributed by atoms with Crippen LogP contribution in [0.4, 0.5) is 10.5 Å².